The molecule has 23 heavy (non-hydrogen) atoms. The van der Waals surface area contributed by atoms with Crippen molar-refractivity contribution < 1.29 is 43.9 Å². The van der Waals surface area contributed by atoms with E-state index in [1.54, 1.807) is 4.90 Å². The van der Waals surface area contributed by atoms with E-state index in [9.17, 15) is 39.2 Å². The van der Waals surface area contributed by atoms with Crippen LogP contribution in [0.5, 0.6) is 0 Å². The molecule has 0 unspecified atom stereocenters. The Kier molecular flexibility index (Phi) is 5.93. The largest absolute Gasteiger partial charge is 0.461 e. The summed E-state index contributed by atoms with van der Waals surface area (Å²) in [5.41, 5.74) is 0. The molecule has 0 amide bonds. The number of hydrogen-bond acceptors (Lipinski definition) is 4. The van der Waals surface area contributed by atoms with E-state index in [-0.39, 0.29) is 10.8 Å². The lowest BCUT2D eigenvalue weighted by Gasteiger charge is -2.32. The molecule has 0 aromatic carbocycles. The second kappa shape index (κ2) is 6.69. The third-order valence-corrected chi connectivity index (χ3v) is 5.20. The number of nitrogens with zero attached hydrogens (tertiary/aromatic N) is 2. The number of sulfonamides is 1. The lowest BCUT2D eigenvalue weighted by Crippen LogP contribution is -2.59. The molecule has 0 spiro atoms. The van der Waals surface area contributed by atoms with Gasteiger partial charge in [-0.2, -0.15) is 35.0 Å². The Morgan fingerprint density at radius 2 is 1.52 bits per heavy atom. The fourth-order valence-electron chi connectivity index (χ4n) is 1.75. The molecule has 5 nitrogen and oxygen atoms in total. The minimum atomic E-state index is -6.70. The molecule has 0 aromatic heterocycles. The molecule has 1 saturated heterocycles. The molecule has 0 aliphatic carbocycles. The maximum absolute atomic E-state index is 13.4. The molecule has 0 saturated carbocycles. The van der Waals surface area contributed by atoms with Gasteiger partial charge in [-0.15, -0.1) is 0 Å². The molecule has 0 aromatic rings. The van der Waals surface area contributed by atoms with Crippen molar-refractivity contribution in [1.29, 1.82) is 0 Å². The lowest BCUT2D eigenvalue weighted by atomic mass is 10.3. The van der Waals surface area contributed by atoms with E-state index in [1.807, 2.05) is 0 Å². The molecule has 1 fully saturated rings. The summed E-state index contributed by atoms with van der Waals surface area (Å²) in [7, 11) is -5.68. The first-order valence-electron chi connectivity index (χ1n) is 6.33. The number of likely N-dealkylation sites (N-methyl/N-ethyl adjacent to an activating group) is 1. The number of hydrogen-bond donors (Lipinski definition) is 0. The van der Waals surface area contributed by atoms with Gasteiger partial charge in [0, 0.05) is 33.2 Å². The number of ether oxygens (including phenoxy) is 1. The summed E-state index contributed by atoms with van der Waals surface area (Å²) < 4.78 is 116. The Morgan fingerprint density at radius 1 is 1.04 bits per heavy atom. The number of alkyl halides is 7. The van der Waals surface area contributed by atoms with Gasteiger partial charge in [0.25, 0.3) is 10.0 Å². The number of morpholine rings is 1. The van der Waals surface area contributed by atoms with Crippen molar-refractivity contribution in [2.75, 3.05) is 46.4 Å². The van der Waals surface area contributed by atoms with Crippen molar-refractivity contribution in [3.63, 3.8) is 0 Å². The van der Waals surface area contributed by atoms with Crippen LogP contribution in [0.25, 0.3) is 0 Å². The van der Waals surface area contributed by atoms with Gasteiger partial charge in [0.1, 0.15) is 0 Å². The highest BCUT2D eigenvalue weighted by atomic mass is 32.2. The number of halogens is 7. The zero-order valence-electron chi connectivity index (χ0n) is 11.9. The third kappa shape index (κ3) is 3.88. The smallest absolute Gasteiger partial charge is 0.379 e. The molecule has 1 aliphatic rings. The van der Waals surface area contributed by atoms with Gasteiger partial charge in [-0.1, -0.05) is 0 Å². The fraction of sp³-hybridized carbons (Fsp3) is 1.00. The third-order valence-electron chi connectivity index (χ3n) is 3.29. The van der Waals surface area contributed by atoms with Gasteiger partial charge in [-0.25, -0.2) is 8.42 Å². The van der Waals surface area contributed by atoms with Crippen LogP contribution in [-0.4, -0.2) is 81.4 Å². The standard InChI is InChI=1S/C10H15F7N2O3S/c1-18(2-3-19-4-6-22-7-5-19)23(20,21)10(16,17)8(11,12)9(13,14)15/h2-7H2,1H3. The molecular formula is C10H15F7N2O3S. The second-order valence-corrected chi connectivity index (χ2v) is 6.96. The Hall–Kier alpha value is -0.660. The molecule has 0 bridgehead atoms. The summed E-state index contributed by atoms with van der Waals surface area (Å²) >= 11 is 0. The topological polar surface area (TPSA) is 49.9 Å². The monoisotopic (exact) mass is 376 g/mol. The SMILES string of the molecule is CN(CCN1CCOCC1)S(=O)(=O)C(F)(F)C(F)(F)C(F)(F)F. The van der Waals surface area contributed by atoms with Gasteiger partial charge in [-0.05, 0) is 0 Å². The zero-order chi connectivity index (χ0) is 18.1. The van der Waals surface area contributed by atoms with Gasteiger partial charge in [-0.3, -0.25) is 4.90 Å². The Bertz CT molecular complexity index is 503. The Morgan fingerprint density at radius 3 is 1.96 bits per heavy atom. The summed E-state index contributed by atoms with van der Waals surface area (Å²) in [5, 5.41) is -6.31. The summed E-state index contributed by atoms with van der Waals surface area (Å²) in [4.78, 5) is 1.61. The van der Waals surface area contributed by atoms with Crippen molar-refractivity contribution in [1.82, 2.24) is 9.21 Å². The van der Waals surface area contributed by atoms with Crippen LogP contribution in [0.4, 0.5) is 30.7 Å². The van der Waals surface area contributed by atoms with Crippen LogP contribution in [0.3, 0.4) is 0 Å². The Balaban J connectivity index is 2.86. The second-order valence-electron chi connectivity index (χ2n) is 4.87. The molecular weight excluding hydrogens is 361 g/mol. The summed E-state index contributed by atoms with van der Waals surface area (Å²) in [6.45, 7) is 0.599. The van der Waals surface area contributed by atoms with Crippen molar-refractivity contribution in [3.8, 4) is 0 Å². The highest BCUT2D eigenvalue weighted by Gasteiger charge is 2.79. The van der Waals surface area contributed by atoms with Crippen LogP contribution < -0.4 is 0 Å². The van der Waals surface area contributed by atoms with Crippen LogP contribution >= 0.6 is 0 Å². The van der Waals surface area contributed by atoms with E-state index in [4.69, 9.17) is 4.74 Å². The zero-order valence-corrected chi connectivity index (χ0v) is 12.7. The van der Waals surface area contributed by atoms with Gasteiger partial charge >= 0.3 is 17.4 Å². The molecule has 1 aliphatic heterocycles. The minimum Gasteiger partial charge on any atom is -0.379 e. The summed E-state index contributed by atoms with van der Waals surface area (Å²) in [6.07, 6.45) is -6.70. The van der Waals surface area contributed by atoms with E-state index in [2.05, 4.69) is 0 Å². The minimum absolute atomic E-state index is 0.104. The molecule has 0 N–H and O–H groups in total. The van der Waals surface area contributed by atoms with E-state index in [0.29, 0.717) is 33.4 Å². The van der Waals surface area contributed by atoms with Crippen molar-refractivity contribution >= 4 is 10.0 Å². The quantitative estimate of drug-likeness (QED) is 0.657. The van der Waals surface area contributed by atoms with Crippen LogP contribution in [0.15, 0.2) is 0 Å². The first kappa shape index (κ1) is 20.4. The van der Waals surface area contributed by atoms with E-state index >= 15 is 0 Å². The Labute approximate surface area is 128 Å². The molecule has 13 heteroatoms. The highest BCUT2D eigenvalue weighted by Crippen LogP contribution is 2.49. The van der Waals surface area contributed by atoms with Crippen molar-refractivity contribution in [3.05, 3.63) is 0 Å². The average Bonchev–Trinajstić information content (AvgIpc) is 2.44. The van der Waals surface area contributed by atoms with E-state index < -0.39 is 33.9 Å². The first-order chi connectivity index (χ1) is 10.2. The van der Waals surface area contributed by atoms with Gasteiger partial charge in [0.2, 0.25) is 0 Å². The van der Waals surface area contributed by atoms with E-state index in [0.717, 1.165) is 0 Å². The normalized spacial score (nSPS) is 19.3. The average molecular weight is 376 g/mol. The van der Waals surface area contributed by atoms with Crippen LogP contribution in [-0.2, 0) is 14.8 Å². The van der Waals surface area contributed by atoms with Gasteiger partial charge in [0.15, 0.2) is 0 Å². The van der Waals surface area contributed by atoms with Crippen molar-refractivity contribution in [2.45, 2.75) is 17.4 Å². The van der Waals surface area contributed by atoms with Gasteiger partial charge < -0.3 is 4.74 Å². The summed E-state index contributed by atoms with van der Waals surface area (Å²) in [6, 6.07) is 0. The van der Waals surface area contributed by atoms with Crippen LogP contribution in [0.2, 0.25) is 0 Å². The lowest BCUT2D eigenvalue weighted by molar-refractivity contribution is -0.332. The molecule has 1 heterocycles. The van der Waals surface area contributed by atoms with Crippen LogP contribution in [0, 0.1) is 0 Å². The molecule has 0 radical (unpaired) electrons. The maximum Gasteiger partial charge on any atom is 0.461 e. The fourth-order valence-corrected chi connectivity index (χ4v) is 2.90. The van der Waals surface area contributed by atoms with Crippen LogP contribution in [0.1, 0.15) is 0 Å². The predicted octanol–water partition coefficient (Wildman–Crippen LogP) is 1.37. The number of rotatable bonds is 6. The predicted molar refractivity (Wildman–Crippen MR) is 64.8 cm³/mol. The van der Waals surface area contributed by atoms with Gasteiger partial charge in [0.05, 0.1) is 13.2 Å². The maximum atomic E-state index is 13.4. The molecule has 1 rings (SSSR count). The molecule has 138 valence electrons. The summed E-state index contributed by atoms with van der Waals surface area (Å²) in [5.74, 6) is -6.70. The van der Waals surface area contributed by atoms with E-state index in [1.165, 1.54) is 0 Å². The van der Waals surface area contributed by atoms with Crippen molar-refractivity contribution in [2.24, 2.45) is 0 Å². The molecule has 0 atom stereocenters. The highest BCUT2D eigenvalue weighted by molar-refractivity contribution is 7.90. The first-order valence-corrected chi connectivity index (χ1v) is 7.77.